The van der Waals surface area contributed by atoms with Gasteiger partial charge in [-0.05, 0) is 48.4 Å². The predicted octanol–water partition coefficient (Wildman–Crippen LogP) is 3.31. The van der Waals surface area contributed by atoms with Crippen molar-refractivity contribution in [2.45, 2.75) is 6.92 Å². The van der Waals surface area contributed by atoms with E-state index in [2.05, 4.69) is 5.32 Å². The van der Waals surface area contributed by atoms with Gasteiger partial charge in [-0.2, -0.15) is 0 Å². The average Bonchev–Trinajstić information content (AvgIpc) is 3.00. The predicted molar refractivity (Wildman–Crippen MR) is 126 cm³/mol. The molecule has 0 bridgehead atoms. The largest absolute Gasteiger partial charge is 0.493 e. The minimum Gasteiger partial charge on any atom is -0.493 e. The van der Waals surface area contributed by atoms with Gasteiger partial charge < -0.3 is 19.9 Å². The van der Waals surface area contributed by atoms with Crippen LogP contribution < -0.4 is 14.8 Å². The molecule has 1 saturated heterocycles. The Labute approximate surface area is 194 Å². The van der Waals surface area contributed by atoms with Crippen molar-refractivity contribution >= 4 is 57.8 Å². The van der Waals surface area contributed by atoms with E-state index in [1.54, 1.807) is 49.4 Å². The fourth-order valence-electron chi connectivity index (χ4n) is 2.98. The first kappa shape index (κ1) is 23.3. The number of carbonyl (C=O) groups is 3. The van der Waals surface area contributed by atoms with Gasteiger partial charge in [-0.3, -0.25) is 14.5 Å². The van der Waals surface area contributed by atoms with Gasteiger partial charge >= 0.3 is 5.97 Å². The van der Waals surface area contributed by atoms with Crippen LogP contribution in [-0.2, 0) is 14.4 Å². The highest BCUT2D eigenvalue weighted by molar-refractivity contribution is 8.26. The summed E-state index contributed by atoms with van der Waals surface area (Å²) in [5, 5.41) is 11.6. The fourth-order valence-corrected chi connectivity index (χ4v) is 4.23. The Balaban J connectivity index is 1.75. The maximum atomic E-state index is 12.8. The van der Waals surface area contributed by atoms with Crippen LogP contribution in [0.2, 0.25) is 0 Å². The number of methoxy groups -OCH3 is 1. The number of benzene rings is 2. The number of rotatable bonds is 8. The van der Waals surface area contributed by atoms with Crippen LogP contribution in [0.3, 0.4) is 0 Å². The third-order valence-corrected chi connectivity index (χ3v) is 5.73. The minimum absolute atomic E-state index is 0.193. The third kappa shape index (κ3) is 5.65. The van der Waals surface area contributed by atoms with Crippen molar-refractivity contribution in [3.63, 3.8) is 0 Å². The number of para-hydroxylation sites is 1. The number of anilines is 1. The van der Waals surface area contributed by atoms with Crippen molar-refractivity contribution in [2.75, 3.05) is 25.6 Å². The normalized spacial score (nSPS) is 14.6. The molecule has 3 rings (SSSR count). The van der Waals surface area contributed by atoms with Crippen LogP contribution in [0.5, 0.6) is 11.5 Å². The summed E-state index contributed by atoms with van der Waals surface area (Å²) >= 11 is 6.40. The molecule has 32 heavy (non-hydrogen) atoms. The van der Waals surface area contributed by atoms with Crippen LogP contribution in [0.15, 0.2) is 47.4 Å². The van der Waals surface area contributed by atoms with E-state index in [1.165, 1.54) is 12.0 Å². The van der Waals surface area contributed by atoms with E-state index in [4.69, 9.17) is 26.8 Å². The second-order valence-electron chi connectivity index (χ2n) is 6.73. The Bertz CT molecular complexity index is 1100. The maximum Gasteiger partial charge on any atom is 0.341 e. The summed E-state index contributed by atoms with van der Waals surface area (Å²) in [6.07, 6.45) is 1.64. The molecular formula is C22H20N2O6S2. The number of thiocarbonyl (C=S) groups is 1. The van der Waals surface area contributed by atoms with Crippen molar-refractivity contribution in [2.24, 2.45) is 0 Å². The lowest BCUT2D eigenvalue weighted by molar-refractivity contribution is -0.139. The van der Waals surface area contributed by atoms with E-state index in [9.17, 15) is 14.4 Å². The molecular weight excluding hydrogens is 452 g/mol. The molecule has 0 spiro atoms. The second-order valence-corrected chi connectivity index (χ2v) is 8.41. The molecule has 1 aliphatic heterocycles. The van der Waals surface area contributed by atoms with Crippen LogP contribution in [0.4, 0.5) is 5.69 Å². The van der Waals surface area contributed by atoms with Gasteiger partial charge in [-0.25, -0.2) is 4.79 Å². The average molecular weight is 473 g/mol. The highest BCUT2D eigenvalue weighted by Gasteiger charge is 2.33. The van der Waals surface area contributed by atoms with E-state index in [-0.39, 0.29) is 22.7 Å². The van der Waals surface area contributed by atoms with Crippen LogP contribution >= 0.6 is 24.0 Å². The van der Waals surface area contributed by atoms with Gasteiger partial charge in [0.1, 0.15) is 10.9 Å². The maximum absolute atomic E-state index is 12.8. The van der Waals surface area contributed by atoms with Gasteiger partial charge in [-0.15, -0.1) is 0 Å². The van der Waals surface area contributed by atoms with E-state index in [0.717, 1.165) is 11.8 Å². The van der Waals surface area contributed by atoms with Crippen molar-refractivity contribution in [1.82, 2.24) is 4.90 Å². The Hall–Kier alpha value is -3.37. The highest BCUT2D eigenvalue weighted by atomic mass is 32.2. The molecule has 1 heterocycles. The molecule has 0 unspecified atom stereocenters. The lowest BCUT2D eigenvalue weighted by atomic mass is 10.1. The molecule has 2 N–H and O–H groups in total. The zero-order chi connectivity index (χ0) is 23.3. The lowest BCUT2D eigenvalue weighted by Gasteiger charge is -2.14. The van der Waals surface area contributed by atoms with Gasteiger partial charge in [0.15, 0.2) is 18.1 Å². The number of ether oxygens (including phenoxy) is 2. The van der Waals surface area contributed by atoms with E-state index in [0.29, 0.717) is 33.2 Å². The number of nitrogens with one attached hydrogen (secondary N) is 1. The molecule has 0 aromatic heterocycles. The van der Waals surface area contributed by atoms with Gasteiger partial charge in [0, 0.05) is 5.69 Å². The van der Waals surface area contributed by atoms with Gasteiger partial charge in [0.25, 0.3) is 5.91 Å². The molecule has 10 heteroatoms. The number of hydrogen-bond donors (Lipinski definition) is 2. The molecule has 2 aromatic carbocycles. The second kappa shape index (κ2) is 10.3. The fraction of sp³-hybridized carbons (Fsp3) is 0.182. The first-order valence-corrected chi connectivity index (χ1v) is 10.6. The van der Waals surface area contributed by atoms with Crippen molar-refractivity contribution in [3.05, 3.63) is 58.5 Å². The van der Waals surface area contributed by atoms with Crippen molar-refractivity contribution < 1.29 is 29.0 Å². The Kier molecular flexibility index (Phi) is 7.49. The number of carbonyl (C=O) groups excluding carboxylic acids is 2. The molecule has 2 amide bonds. The standard InChI is InChI=1S/C22H20N2O6S2/c1-13-8-14(9-16(29-2)20(13)30-12-19(26)27)10-17-21(28)24(22(31)32-17)11-18(25)23-15-6-4-3-5-7-15/h3-10H,11-12H2,1-2H3,(H,23,25)(H,26,27)/b17-10+. The zero-order valence-electron chi connectivity index (χ0n) is 17.3. The van der Waals surface area contributed by atoms with E-state index >= 15 is 0 Å². The van der Waals surface area contributed by atoms with Gasteiger partial charge in [0.2, 0.25) is 5.91 Å². The van der Waals surface area contributed by atoms with Gasteiger partial charge in [0.05, 0.1) is 12.0 Å². The summed E-state index contributed by atoms with van der Waals surface area (Å²) in [4.78, 5) is 37.6. The van der Waals surface area contributed by atoms with Crippen LogP contribution in [-0.4, -0.2) is 52.4 Å². The summed E-state index contributed by atoms with van der Waals surface area (Å²) in [5.41, 5.74) is 1.93. The summed E-state index contributed by atoms with van der Waals surface area (Å²) in [6, 6.07) is 12.3. The highest BCUT2D eigenvalue weighted by Crippen LogP contribution is 2.36. The Morgan fingerprint density at radius 3 is 2.62 bits per heavy atom. The number of nitrogens with zero attached hydrogens (tertiary/aromatic N) is 1. The summed E-state index contributed by atoms with van der Waals surface area (Å²) in [6.45, 7) is 1.05. The smallest absolute Gasteiger partial charge is 0.341 e. The first-order valence-electron chi connectivity index (χ1n) is 9.42. The number of thioether (sulfide) groups is 1. The quantitative estimate of drug-likeness (QED) is 0.445. The number of aryl methyl sites for hydroxylation is 1. The number of aliphatic carboxylic acids is 1. The number of carboxylic acids is 1. The monoisotopic (exact) mass is 472 g/mol. The molecule has 0 aliphatic carbocycles. The molecule has 8 nitrogen and oxygen atoms in total. The molecule has 0 atom stereocenters. The zero-order valence-corrected chi connectivity index (χ0v) is 18.9. The number of amides is 2. The minimum atomic E-state index is -1.10. The van der Waals surface area contributed by atoms with Crippen LogP contribution in [0, 0.1) is 6.92 Å². The summed E-state index contributed by atoms with van der Waals surface area (Å²) in [5.74, 6) is -1.17. The van der Waals surface area contributed by atoms with E-state index in [1.807, 2.05) is 6.07 Å². The Morgan fingerprint density at radius 2 is 1.97 bits per heavy atom. The number of carboxylic acid groups (broad SMARTS) is 1. The SMILES string of the molecule is COc1cc(/C=C2/SC(=S)N(CC(=O)Nc3ccccc3)C2=O)cc(C)c1OCC(=O)O. The van der Waals surface area contributed by atoms with Crippen LogP contribution in [0.1, 0.15) is 11.1 Å². The molecule has 0 radical (unpaired) electrons. The van der Waals surface area contributed by atoms with Crippen molar-refractivity contribution in [3.8, 4) is 11.5 Å². The molecule has 1 aliphatic rings. The molecule has 2 aromatic rings. The molecule has 1 fully saturated rings. The lowest BCUT2D eigenvalue weighted by Crippen LogP contribution is -2.36. The summed E-state index contributed by atoms with van der Waals surface area (Å²) in [7, 11) is 1.44. The van der Waals surface area contributed by atoms with Gasteiger partial charge in [-0.1, -0.05) is 42.2 Å². The molecule has 166 valence electrons. The molecule has 0 saturated carbocycles. The third-order valence-electron chi connectivity index (χ3n) is 4.35. The first-order chi connectivity index (χ1) is 15.3. The van der Waals surface area contributed by atoms with E-state index < -0.39 is 12.6 Å². The summed E-state index contributed by atoms with van der Waals surface area (Å²) < 4.78 is 10.9. The number of hydrogen-bond acceptors (Lipinski definition) is 7. The van der Waals surface area contributed by atoms with Crippen LogP contribution in [0.25, 0.3) is 6.08 Å². The topological polar surface area (TPSA) is 105 Å². The Morgan fingerprint density at radius 1 is 1.25 bits per heavy atom. The van der Waals surface area contributed by atoms with Crippen molar-refractivity contribution in [1.29, 1.82) is 0 Å².